The van der Waals surface area contributed by atoms with E-state index in [1.54, 1.807) is 11.8 Å². The van der Waals surface area contributed by atoms with E-state index in [1.807, 2.05) is 49.7 Å². The second-order valence-corrected chi connectivity index (χ2v) is 7.00. The summed E-state index contributed by atoms with van der Waals surface area (Å²) in [5, 5.41) is 4.38. The second-order valence-electron chi connectivity index (χ2n) is 5.29. The summed E-state index contributed by atoms with van der Waals surface area (Å²) in [6.07, 6.45) is 0. The number of nitrogens with zero attached hydrogens (tertiary/aromatic N) is 2. The van der Waals surface area contributed by atoms with Crippen molar-refractivity contribution in [3.63, 3.8) is 0 Å². The van der Waals surface area contributed by atoms with Gasteiger partial charge in [-0.1, -0.05) is 41.6 Å². The summed E-state index contributed by atoms with van der Waals surface area (Å²) in [5.41, 5.74) is 1.55. The lowest BCUT2D eigenvalue weighted by Crippen LogP contribution is -2.13. The minimum absolute atomic E-state index is 0.0904. The zero-order valence-corrected chi connectivity index (χ0v) is 13.6. The number of benzene rings is 1. The van der Waals surface area contributed by atoms with Gasteiger partial charge in [-0.25, -0.2) is 4.99 Å². The Labute approximate surface area is 132 Å². The molecule has 0 amide bonds. The van der Waals surface area contributed by atoms with Crippen molar-refractivity contribution < 1.29 is 0 Å². The smallest absolute Gasteiger partial charge is 0.268 e. The zero-order chi connectivity index (χ0) is 15.1. The number of aromatic amines is 1. The summed E-state index contributed by atoms with van der Waals surface area (Å²) in [4.78, 5) is 17.0. The van der Waals surface area contributed by atoms with Crippen molar-refractivity contribution in [1.82, 2.24) is 9.78 Å². The molecule has 1 unspecified atom stereocenters. The Morgan fingerprint density at radius 2 is 2.10 bits per heavy atom. The molecule has 0 saturated heterocycles. The lowest BCUT2D eigenvalue weighted by Gasteiger charge is -2.22. The Kier molecular flexibility index (Phi) is 3.71. The quantitative estimate of drug-likeness (QED) is 0.896. The molecular weight excluding hydrogens is 306 g/mol. The van der Waals surface area contributed by atoms with Crippen LogP contribution >= 0.6 is 23.4 Å². The van der Waals surface area contributed by atoms with Crippen molar-refractivity contribution in [2.75, 3.05) is 0 Å². The Morgan fingerprint density at radius 1 is 1.38 bits per heavy atom. The number of hydrogen-bond donors (Lipinski definition) is 1. The van der Waals surface area contributed by atoms with Crippen LogP contribution in [0.5, 0.6) is 0 Å². The predicted molar refractivity (Wildman–Crippen MR) is 89.1 cm³/mol. The minimum Gasteiger partial charge on any atom is -0.268 e. The monoisotopic (exact) mass is 321 g/mol. The van der Waals surface area contributed by atoms with Crippen LogP contribution < -0.4 is 5.56 Å². The van der Waals surface area contributed by atoms with Gasteiger partial charge in [-0.15, -0.1) is 0 Å². The van der Waals surface area contributed by atoms with Crippen molar-refractivity contribution in [3.05, 3.63) is 50.8 Å². The van der Waals surface area contributed by atoms with Crippen LogP contribution in [0.3, 0.4) is 0 Å². The Morgan fingerprint density at radius 3 is 2.76 bits per heavy atom. The van der Waals surface area contributed by atoms with Crippen molar-refractivity contribution in [2.45, 2.75) is 32.1 Å². The summed E-state index contributed by atoms with van der Waals surface area (Å²) >= 11 is 7.89. The van der Waals surface area contributed by atoms with Crippen LogP contribution in [-0.2, 0) is 0 Å². The largest absolute Gasteiger partial charge is 0.271 e. The lowest BCUT2D eigenvalue weighted by molar-refractivity contribution is 0.533. The fourth-order valence-corrected chi connectivity index (χ4v) is 3.94. The molecule has 110 valence electrons. The molecule has 0 aliphatic carbocycles. The maximum atomic E-state index is 12.4. The van der Waals surface area contributed by atoms with Gasteiger partial charge in [0.1, 0.15) is 0 Å². The first-order valence-electron chi connectivity index (χ1n) is 6.79. The molecule has 3 rings (SSSR count). The van der Waals surface area contributed by atoms with E-state index in [2.05, 4.69) is 10.1 Å². The third-order valence-corrected chi connectivity index (χ3v) is 4.96. The highest BCUT2D eigenvalue weighted by atomic mass is 35.5. The van der Waals surface area contributed by atoms with Gasteiger partial charge in [0.2, 0.25) is 0 Å². The number of H-pyrrole nitrogens is 1. The van der Waals surface area contributed by atoms with Gasteiger partial charge in [0.05, 0.1) is 15.9 Å². The molecule has 0 radical (unpaired) electrons. The van der Waals surface area contributed by atoms with E-state index in [1.165, 1.54) is 0 Å². The molecule has 4 nitrogen and oxygen atoms in total. The zero-order valence-electron chi connectivity index (χ0n) is 12.1. The van der Waals surface area contributed by atoms with Gasteiger partial charge >= 0.3 is 0 Å². The first-order chi connectivity index (χ1) is 9.99. The number of halogens is 1. The van der Waals surface area contributed by atoms with Crippen molar-refractivity contribution in [2.24, 2.45) is 4.99 Å². The third-order valence-electron chi connectivity index (χ3n) is 3.45. The minimum atomic E-state index is -0.116. The van der Waals surface area contributed by atoms with Gasteiger partial charge < -0.3 is 0 Å². The number of aromatic nitrogens is 2. The number of nitrogens with one attached hydrogen (secondary N) is 1. The van der Waals surface area contributed by atoms with E-state index >= 15 is 0 Å². The first-order valence-corrected chi connectivity index (χ1v) is 8.05. The van der Waals surface area contributed by atoms with E-state index < -0.39 is 0 Å². The van der Waals surface area contributed by atoms with E-state index in [9.17, 15) is 4.79 Å². The fraction of sp³-hybridized carbons (Fsp3) is 0.333. The predicted octanol–water partition coefficient (Wildman–Crippen LogP) is 4.30. The van der Waals surface area contributed by atoms with Crippen LogP contribution in [0, 0.1) is 0 Å². The summed E-state index contributed by atoms with van der Waals surface area (Å²) < 4.78 is 1.82. The van der Waals surface area contributed by atoms with E-state index in [0.717, 1.165) is 16.4 Å². The molecule has 2 aromatic rings. The van der Waals surface area contributed by atoms with Crippen LogP contribution in [-0.4, -0.2) is 14.8 Å². The summed E-state index contributed by atoms with van der Waals surface area (Å²) in [6.45, 7) is 6.00. The van der Waals surface area contributed by atoms with Crippen LogP contribution in [0.2, 0.25) is 5.02 Å². The molecule has 1 aliphatic heterocycles. The van der Waals surface area contributed by atoms with Gasteiger partial charge in [-0.05, 0) is 32.4 Å². The highest BCUT2D eigenvalue weighted by molar-refractivity contribution is 8.14. The molecule has 0 saturated carbocycles. The van der Waals surface area contributed by atoms with Crippen LogP contribution in [0.15, 0.2) is 34.1 Å². The Balaban J connectivity index is 2.23. The summed E-state index contributed by atoms with van der Waals surface area (Å²) in [7, 11) is 0. The normalized spacial score (nSPS) is 17.8. The highest BCUT2D eigenvalue weighted by Gasteiger charge is 2.31. The molecule has 0 fully saturated rings. The van der Waals surface area contributed by atoms with Crippen LogP contribution in [0.1, 0.15) is 43.2 Å². The molecule has 21 heavy (non-hydrogen) atoms. The third kappa shape index (κ3) is 2.45. The molecule has 1 aliphatic rings. The maximum absolute atomic E-state index is 12.4. The van der Waals surface area contributed by atoms with Crippen molar-refractivity contribution >= 4 is 34.2 Å². The van der Waals surface area contributed by atoms with E-state index in [0.29, 0.717) is 10.6 Å². The van der Waals surface area contributed by atoms with E-state index in [-0.39, 0.29) is 16.9 Å². The molecular formula is C15H16ClN3OS. The molecule has 1 atom stereocenters. The average molecular weight is 322 g/mol. The number of fused-ring (bicyclic) bond motifs is 1. The standard InChI is InChI=1S/C15H16ClN3OS/c1-8(2)19-14-12(15(20)18-19)13(21-9(3)17-14)10-6-4-5-7-11(10)16/h4-8,13H,1-3H3,(H,18,20). The lowest BCUT2D eigenvalue weighted by atomic mass is 10.1. The molecule has 1 aromatic carbocycles. The van der Waals surface area contributed by atoms with Crippen LogP contribution in [0.4, 0.5) is 5.82 Å². The molecule has 6 heteroatoms. The van der Waals surface area contributed by atoms with Gasteiger partial charge in [-0.2, -0.15) is 0 Å². The molecule has 1 aromatic heterocycles. The second kappa shape index (κ2) is 5.39. The molecule has 0 spiro atoms. The maximum Gasteiger partial charge on any atom is 0.271 e. The average Bonchev–Trinajstić information content (AvgIpc) is 2.76. The summed E-state index contributed by atoms with van der Waals surface area (Å²) in [6, 6.07) is 7.80. The topological polar surface area (TPSA) is 50.1 Å². The van der Waals surface area contributed by atoms with E-state index in [4.69, 9.17) is 11.6 Å². The fourth-order valence-electron chi connectivity index (χ4n) is 2.49. The molecule has 0 bridgehead atoms. The number of aliphatic imine (C=N–C) groups is 1. The van der Waals surface area contributed by atoms with Gasteiger partial charge in [-0.3, -0.25) is 14.6 Å². The number of rotatable bonds is 2. The van der Waals surface area contributed by atoms with Crippen molar-refractivity contribution in [1.29, 1.82) is 0 Å². The van der Waals surface area contributed by atoms with Gasteiger partial charge in [0.15, 0.2) is 5.82 Å². The molecule has 1 N–H and O–H groups in total. The number of thioether (sulfide) groups is 1. The van der Waals surface area contributed by atoms with Gasteiger partial charge in [0, 0.05) is 11.1 Å². The summed E-state index contributed by atoms with van der Waals surface area (Å²) in [5.74, 6) is 0.719. The Bertz CT molecular complexity index is 775. The van der Waals surface area contributed by atoms with Crippen LogP contribution in [0.25, 0.3) is 0 Å². The van der Waals surface area contributed by atoms with Gasteiger partial charge in [0.25, 0.3) is 5.56 Å². The SMILES string of the molecule is CC1=Nc2c(c(=O)[nH]n2C(C)C)C(c2ccccc2Cl)S1. The van der Waals surface area contributed by atoms with Crippen molar-refractivity contribution in [3.8, 4) is 0 Å². The highest BCUT2D eigenvalue weighted by Crippen LogP contribution is 2.45. The molecule has 2 heterocycles. The Hall–Kier alpha value is -1.46. The first kappa shape index (κ1) is 14.5. The number of hydrogen-bond acceptors (Lipinski definition) is 3.